The Morgan fingerprint density at radius 3 is 2.19 bits per heavy atom. The van der Waals surface area contributed by atoms with Gasteiger partial charge in [-0.15, -0.1) is 0 Å². The van der Waals surface area contributed by atoms with Gasteiger partial charge in [0, 0.05) is 0 Å². The average Bonchev–Trinajstić information content (AvgIpc) is 3.00. The third-order valence-corrected chi connectivity index (χ3v) is 5.26. The van der Waals surface area contributed by atoms with E-state index in [1.54, 1.807) is 0 Å². The van der Waals surface area contributed by atoms with Crippen molar-refractivity contribution >= 4 is 32.5 Å². The van der Waals surface area contributed by atoms with Crippen LogP contribution in [0.1, 0.15) is 0 Å². The molecule has 0 bridgehead atoms. The van der Waals surface area contributed by atoms with E-state index in [9.17, 15) is 13.2 Å². The smallest absolute Gasteiger partial charge is 0.265 e. The standard InChI is InChI=1S/C17H12ClN5O3S/c18-16-14-10-20-23(12-6-8-13(9-7-12)27(19,25)26)17(24)15(14)21-22(16)11-4-2-1-3-5-11/h1-10H,(H2,19,25,26). The van der Waals surface area contributed by atoms with Crippen LogP contribution in [0.3, 0.4) is 0 Å². The van der Waals surface area contributed by atoms with Gasteiger partial charge in [-0.3, -0.25) is 4.79 Å². The van der Waals surface area contributed by atoms with Crippen LogP contribution in [0.15, 0.2) is 70.5 Å². The molecule has 8 nitrogen and oxygen atoms in total. The summed E-state index contributed by atoms with van der Waals surface area (Å²) in [4.78, 5) is 12.8. The van der Waals surface area contributed by atoms with E-state index in [-0.39, 0.29) is 15.6 Å². The van der Waals surface area contributed by atoms with E-state index in [2.05, 4.69) is 10.2 Å². The van der Waals surface area contributed by atoms with Gasteiger partial charge in [-0.25, -0.2) is 18.2 Å². The van der Waals surface area contributed by atoms with E-state index in [1.165, 1.54) is 35.1 Å². The summed E-state index contributed by atoms with van der Waals surface area (Å²) in [5, 5.41) is 14.2. The number of primary sulfonamides is 1. The molecule has 0 aliphatic heterocycles. The summed E-state index contributed by atoms with van der Waals surface area (Å²) in [6, 6.07) is 14.7. The van der Waals surface area contributed by atoms with Crippen molar-refractivity contribution in [3.05, 3.63) is 76.3 Å². The van der Waals surface area contributed by atoms with Gasteiger partial charge in [0.2, 0.25) is 10.0 Å². The first-order chi connectivity index (χ1) is 12.9. The number of fused-ring (bicyclic) bond motifs is 1. The highest BCUT2D eigenvalue weighted by Gasteiger charge is 2.17. The van der Waals surface area contributed by atoms with E-state index in [0.717, 1.165) is 4.68 Å². The summed E-state index contributed by atoms with van der Waals surface area (Å²) < 4.78 is 25.3. The first-order valence-electron chi connectivity index (χ1n) is 7.71. The molecule has 10 heteroatoms. The molecule has 0 aliphatic rings. The number of hydrogen-bond donors (Lipinski definition) is 1. The van der Waals surface area contributed by atoms with Gasteiger partial charge in [-0.2, -0.15) is 14.9 Å². The number of halogens is 1. The van der Waals surface area contributed by atoms with Crippen molar-refractivity contribution in [2.45, 2.75) is 4.90 Å². The molecule has 2 heterocycles. The number of sulfonamides is 1. The van der Waals surface area contributed by atoms with Crippen LogP contribution in [-0.2, 0) is 10.0 Å². The largest absolute Gasteiger partial charge is 0.299 e. The Balaban J connectivity index is 1.87. The average molecular weight is 402 g/mol. The minimum absolute atomic E-state index is 0.0585. The fourth-order valence-corrected chi connectivity index (χ4v) is 3.44. The van der Waals surface area contributed by atoms with E-state index < -0.39 is 15.6 Å². The SMILES string of the molecule is NS(=O)(=O)c1ccc(-n2ncc3c(Cl)n(-c4ccccc4)nc3c2=O)cc1. The molecule has 4 rings (SSSR count). The number of benzene rings is 2. The topological polar surface area (TPSA) is 113 Å². The Morgan fingerprint density at radius 2 is 1.56 bits per heavy atom. The van der Waals surface area contributed by atoms with Crippen LogP contribution in [0, 0.1) is 0 Å². The summed E-state index contributed by atoms with van der Waals surface area (Å²) in [5.41, 5.74) is 0.753. The lowest BCUT2D eigenvalue weighted by molar-refractivity contribution is 0.598. The van der Waals surface area contributed by atoms with Gasteiger partial charge < -0.3 is 0 Å². The fraction of sp³-hybridized carbons (Fsp3) is 0. The molecule has 27 heavy (non-hydrogen) atoms. The molecule has 136 valence electrons. The number of hydrogen-bond acceptors (Lipinski definition) is 5. The van der Waals surface area contributed by atoms with Crippen LogP contribution >= 0.6 is 11.6 Å². The summed E-state index contributed by atoms with van der Waals surface area (Å²) in [7, 11) is -3.82. The van der Waals surface area contributed by atoms with Crippen molar-refractivity contribution in [1.82, 2.24) is 19.6 Å². The molecule has 0 aliphatic carbocycles. The second-order valence-corrected chi connectivity index (χ2v) is 7.62. The van der Waals surface area contributed by atoms with Gasteiger partial charge in [-0.1, -0.05) is 29.8 Å². The first-order valence-corrected chi connectivity index (χ1v) is 9.64. The van der Waals surface area contributed by atoms with Crippen molar-refractivity contribution in [3.63, 3.8) is 0 Å². The maximum atomic E-state index is 12.8. The van der Waals surface area contributed by atoms with E-state index in [4.69, 9.17) is 16.7 Å². The number of rotatable bonds is 3. The van der Waals surface area contributed by atoms with Crippen LogP contribution in [0.2, 0.25) is 5.15 Å². The van der Waals surface area contributed by atoms with Gasteiger partial charge in [0.25, 0.3) is 5.56 Å². The zero-order valence-corrected chi connectivity index (χ0v) is 15.2. The molecular formula is C17H12ClN5O3S. The van der Waals surface area contributed by atoms with E-state index >= 15 is 0 Å². The summed E-state index contributed by atoms with van der Waals surface area (Å²) >= 11 is 6.36. The van der Waals surface area contributed by atoms with Gasteiger partial charge in [-0.05, 0) is 36.4 Å². The highest BCUT2D eigenvalue weighted by molar-refractivity contribution is 7.89. The predicted molar refractivity (Wildman–Crippen MR) is 101 cm³/mol. The Labute approximate surface area is 158 Å². The zero-order chi connectivity index (χ0) is 19.2. The van der Waals surface area contributed by atoms with Crippen molar-refractivity contribution in [1.29, 1.82) is 0 Å². The highest BCUT2D eigenvalue weighted by Crippen LogP contribution is 2.24. The van der Waals surface area contributed by atoms with Crippen LogP contribution in [0.4, 0.5) is 0 Å². The quantitative estimate of drug-likeness (QED) is 0.563. The van der Waals surface area contributed by atoms with Gasteiger partial charge in [0.1, 0.15) is 5.15 Å². The molecule has 0 saturated carbocycles. The van der Waals surface area contributed by atoms with Crippen molar-refractivity contribution in [2.24, 2.45) is 5.14 Å². The second kappa shape index (κ2) is 6.31. The molecule has 2 aromatic carbocycles. The lowest BCUT2D eigenvalue weighted by Gasteiger charge is -2.04. The maximum Gasteiger partial charge on any atom is 0.299 e. The molecule has 0 unspecified atom stereocenters. The molecule has 0 atom stereocenters. The monoisotopic (exact) mass is 401 g/mol. The Hall–Kier alpha value is -3.01. The molecule has 2 N–H and O–H groups in total. The zero-order valence-electron chi connectivity index (χ0n) is 13.7. The van der Waals surface area contributed by atoms with Crippen molar-refractivity contribution in [3.8, 4) is 11.4 Å². The summed E-state index contributed by atoms with van der Waals surface area (Å²) in [6.45, 7) is 0. The molecule has 2 aromatic heterocycles. The van der Waals surface area contributed by atoms with Crippen molar-refractivity contribution < 1.29 is 8.42 Å². The molecule has 0 saturated heterocycles. The fourth-order valence-electron chi connectivity index (χ4n) is 2.65. The van der Waals surface area contributed by atoms with Crippen LogP contribution in [0.25, 0.3) is 22.3 Å². The second-order valence-electron chi connectivity index (χ2n) is 5.70. The first kappa shape index (κ1) is 17.4. The highest BCUT2D eigenvalue weighted by atomic mass is 35.5. The lowest BCUT2D eigenvalue weighted by atomic mass is 10.3. The minimum Gasteiger partial charge on any atom is -0.265 e. The van der Waals surface area contributed by atoms with Crippen molar-refractivity contribution in [2.75, 3.05) is 0 Å². The predicted octanol–water partition coefficient (Wildman–Crippen LogP) is 1.87. The molecular weight excluding hydrogens is 390 g/mol. The van der Waals surface area contributed by atoms with Gasteiger partial charge >= 0.3 is 0 Å². The number of nitrogens with two attached hydrogens (primary N) is 1. The van der Waals surface area contributed by atoms with Gasteiger partial charge in [0.15, 0.2) is 5.52 Å². The Morgan fingerprint density at radius 1 is 0.926 bits per heavy atom. The number of para-hydroxylation sites is 1. The minimum atomic E-state index is -3.82. The van der Waals surface area contributed by atoms with Crippen LogP contribution in [-0.4, -0.2) is 28.0 Å². The van der Waals surface area contributed by atoms with E-state index in [1.807, 2.05) is 30.3 Å². The van der Waals surface area contributed by atoms with Gasteiger partial charge in [0.05, 0.1) is 27.9 Å². The number of aromatic nitrogens is 4. The van der Waals surface area contributed by atoms with Crippen LogP contribution < -0.4 is 10.7 Å². The molecule has 0 radical (unpaired) electrons. The third kappa shape index (κ3) is 3.01. The Kier molecular flexibility index (Phi) is 4.06. The van der Waals surface area contributed by atoms with Crippen LogP contribution in [0.5, 0.6) is 0 Å². The number of nitrogens with zero attached hydrogens (tertiary/aromatic N) is 4. The normalized spacial score (nSPS) is 11.8. The lowest BCUT2D eigenvalue weighted by Crippen LogP contribution is -2.21. The molecule has 0 amide bonds. The molecule has 0 spiro atoms. The molecule has 4 aromatic rings. The summed E-state index contributed by atoms with van der Waals surface area (Å²) in [6.07, 6.45) is 1.44. The summed E-state index contributed by atoms with van der Waals surface area (Å²) in [5.74, 6) is 0. The van der Waals surface area contributed by atoms with E-state index in [0.29, 0.717) is 16.8 Å². The molecule has 0 fully saturated rings. The maximum absolute atomic E-state index is 12.8. The Bertz CT molecular complexity index is 1310. The third-order valence-electron chi connectivity index (χ3n) is 3.97.